The largest absolute Gasteiger partial charge is 0.0622 e. The van der Waals surface area contributed by atoms with E-state index in [0.29, 0.717) is 0 Å². The maximum Gasteiger partial charge on any atom is -0.0119 e. The minimum atomic E-state index is 0.776. The fraction of sp³-hybridized carbons (Fsp3) is 0.517. The van der Waals surface area contributed by atoms with Crippen molar-refractivity contribution in [3.63, 3.8) is 0 Å². The van der Waals surface area contributed by atoms with E-state index in [0.717, 1.165) is 5.92 Å². The van der Waals surface area contributed by atoms with Crippen molar-refractivity contribution in [2.45, 2.75) is 90.4 Å². The molecule has 0 heteroatoms. The Bertz CT molecular complexity index is 669. The van der Waals surface area contributed by atoms with Crippen molar-refractivity contribution in [3.8, 4) is 0 Å². The average Bonchev–Trinajstić information content (AvgIpc) is 2.76. The van der Waals surface area contributed by atoms with Crippen LogP contribution >= 0.6 is 0 Å². The first-order valence-corrected chi connectivity index (χ1v) is 12.2. The molecule has 0 bridgehead atoms. The van der Waals surface area contributed by atoms with Crippen LogP contribution in [0.15, 0.2) is 66.2 Å². The summed E-state index contributed by atoms with van der Waals surface area (Å²) in [7, 11) is 0. The molecule has 1 aliphatic carbocycles. The maximum absolute atomic E-state index is 2.48. The predicted octanol–water partition coefficient (Wildman–Crippen LogP) is 9.21. The maximum atomic E-state index is 2.48. The Hall–Kier alpha value is -1.82. The Morgan fingerprint density at radius 1 is 0.586 bits per heavy atom. The third-order valence-corrected chi connectivity index (χ3v) is 6.50. The van der Waals surface area contributed by atoms with Gasteiger partial charge in [-0.25, -0.2) is 0 Å². The van der Waals surface area contributed by atoms with Crippen molar-refractivity contribution in [2.24, 2.45) is 5.92 Å². The number of rotatable bonds is 2. The van der Waals surface area contributed by atoms with E-state index in [9.17, 15) is 0 Å². The van der Waals surface area contributed by atoms with Gasteiger partial charge in [0.25, 0.3) is 0 Å². The SMILES string of the molecule is CC1CCCCCCCCCCCCC(=C(c2ccccc2)c2ccccc2)C1. The van der Waals surface area contributed by atoms with Gasteiger partial charge >= 0.3 is 0 Å². The van der Waals surface area contributed by atoms with Crippen molar-refractivity contribution < 1.29 is 0 Å². The summed E-state index contributed by atoms with van der Waals surface area (Å²) in [5, 5.41) is 0. The summed E-state index contributed by atoms with van der Waals surface area (Å²) >= 11 is 0. The molecule has 1 atom stereocenters. The van der Waals surface area contributed by atoms with Crippen LogP contribution < -0.4 is 0 Å². The van der Waals surface area contributed by atoms with Gasteiger partial charge in [-0.2, -0.15) is 0 Å². The van der Waals surface area contributed by atoms with E-state index in [4.69, 9.17) is 0 Å². The van der Waals surface area contributed by atoms with Crippen molar-refractivity contribution in [2.75, 3.05) is 0 Å². The van der Waals surface area contributed by atoms with Crippen LogP contribution in [0.3, 0.4) is 0 Å². The van der Waals surface area contributed by atoms with Gasteiger partial charge in [0, 0.05) is 0 Å². The van der Waals surface area contributed by atoms with Gasteiger partial charge in [-0.1, -0.05) is 137 Å². The van der Waals surface area contributed by atoms with E-state index in [2.05, 4.69) is 67.6 Å². The molecule has 156 valence electrons. The lowest BCUT2D eigenvalue weighted by molar-refractivity contribution is 0.475. The molecule has 29 heavy (non-hydrogen) atoms. The highest BCUT2D eigenvalue weighted by Crippen LogP contribution is 2.34. The number of benzene rings is 2. The van der Waals surface area contributed by atoms with Crippen LogP contribution in [0.25, 0.3) is 5.57 Å². The normalized spacial score (nSPS) is 20.4. The van der Waals surface area contributed by atoms with Gasteiger partial charge in [-0.15, -0.1) is 0 Å². The van der Waals surface area contributed by atoms with Gasteiger partial charge in [0.1, 0.15) is 0 Å². The van der Waals surface area contributed by atoms with Crippen LogP contribution in [-0.4, -0.2) is 0 Å². The lowest BCUT2D eigenvalue weighted by Gasteiger charge is -2.20. The van der Waals surface area contributed by atoms with Gasteiger partial charge in [0.15, 0.2) is 0 Å². The first-order valence-electron chi connectivity index (χ1n) is 12.2. The van der Waals surface area contributed by atoms with Crippen molar-refractivity contribution in [1.29, 1.82) is 0 Å². The van der Waals surface area contributed by atoms with E-state index in [1.54, 1.807) is 5.57 Å². The monoisotopic (exact) mass is 388 g/mol. The van der Waals surface area contributed by atoms with Crippen LogP contribution in [0.1, 0.15) is 102 Å². The zero-order valence-electron chi connectivity index (χ0n) is 18.5. The molecule has 2 aromatic carbocycles. The number of hydrogen-bond acceptors (Lipinski definition) is 0. The van der Waals surface area contributed by atoms with Crippen molar-refractivity contribution >= 4 is 5.57 Å². The summed E-state index contributed by atoms with van der Waals surface area (Å²) in [6.07, 6.45) is 18.1. The standard InChI is InChI=1S/C29H40/c1-25-18-12-8-6-4-2-3-5-7-9-13-23-28(24-25)29(26-19-14-10-15-20-26)27-21-16-11-17-22-27/h10-11,14-17,19-22,25H,2-9,12-13,18,23-24H2,1H3. The quantitative estimate of drug-likeness (QED) is 0.481. The lowest BCUT2D eigenvalue weighted by atomic mass is 9.85. The molecule has 0 aromatic heterocycles. The zero-order chi connectivity index (χ0) is 20.2. The summed E-state index contributed by atoms with van der Waals surface area (Å²) in [6, 6.07) is 22.2. The van der Waals surface area contributed by atoms with Crippen LogP contribution in [0.4, 0.5) is 0 Å². The van der Waals surface area contributed by atoms with E-state index in [1.807, 2.05) is 0 Å². The van der Waals surface area contributed by atoms with Gasteiger partial charge in [-0.05, 0) is 41.9 Å². The first-order chi connectivity index (χ1) is 14.3. The second-order valence-corrected chi connectivity index (χ2v) is 9.09. The second kappa shape index (κ2) is 12.7. The molecule has 1 saturated carbocycles. The van der Waals surface area contributed by atoms with Crippen LogP contribution in [0.5, 0.6) is 0 Å². The molecular formula is C29H40. The topological polar surface area (TPSA) is 0 Å². The lowest BCUT2D eigenvalue weighted by Crippen LogP contribution is -2.02. The zero-order valence-corrected chi connectivity index (χ0v) is 18.5. The predicted molar refractivity (Wildman–Crippen MR) is 128 cm³/mol. The van der Waals surface area contributed by atoms with Gasteiger partial charge in [-0.3, -0.25) is 0 Å². The summed E-state index contributed by atoms with van der Waals surface area (Å²) in [5.74, 6) is 0.776. The van der Waals surface area contributed by atoms with Gasteiger partial charge in [0.05, 0.1) is 0 Å². The molecule has 0 aliphatic heterocycles. The molecule has 0 N–H and O–H groups in total. The molecule has 1 unspecified atom stereocenters. The molecule has 2 aromatic rings. The third-order valence-electron chi connectivity index (χ3n) is 6.50. The average molecular weight is 389 g/mol. The van der Waals surface area contributed by atoms with E-state index >= 15 is 0 Å². The highest BCUT2D eigenvalue weighted by molar-refractivity contribution is 5.82. The minimum absolute atomic E-state index is 0.776. The Balaban J connectivity index is 1.89. The van der Waals surface area contributed by atoms with Crippen LogP contribution in [0, 0.1) is 5.92 Å². The molecule has 3 rings (SSSR count). The molecule has 0 spiro atoms. The molecule has 0 heterocycles. The second-order valence-electron chi connectivity index (χ2n) is 9.09. The van der Waals surface area contributed by atoms with E-state index in [1.165, 1.54) is 100 Å². The summed E-state index contributed by atoms with van der Waals surface area (Å²) in [6.45, 7) is 2.48. The Morgan fingerprint density at radius 2 is 1.03 bits per heavy atom. The Labute approximate surface area is 179 Å². The molecule has 1 aliphatic rings. The van der Waals surface area contributed by atoms with Gasteiger partial charge < -0.3 is 0 Å². The minimum Gasteiger partial charge on any atom is -0.0622 e. The van der Waals surface area contributed by atoms with Crippen LogP contribution in [0.2, 0.25) is 0 Å². The highest BCUT2D eigenvalue weighted by Gasteiger charge is 2.15. The molecule has 1 fully saturated rings. The fourth-order valence-corrected chi connectivity index (χ4v) is 4.88. The Kier molecular flexibility index (Phi) is 9.57. The number of hydrogen-bond donors (Lipinski definition) is 0. The van der Waals surface area contributed by atoms with E-state index < -0.39 is 0 Å². The van der Waals surface area contributed by atoms with Gasteiger partial charge in [0.2, 0.25) is 0 Å². The first kappa shape index (κ1) is 21.9. The molecule has 0 nitrogen and oxygen atoms in total. The van der Waals surface area contributed by atoms with Crippen molar-refractivity contribution in [1.82, 2.24) is 0 Å². The fourth-order valence-electron chi connectivity index (χ4n) is 4.88. The molecular weight excluding hydrogens is 348 g/mol. The molecule has 0 saturated heterocycles. The van der Waals surface area contributed by atoms with E-state index in [-0.39, 0.29) is 0 Å². The molecule has 0 amide bonds. The smallest absolute Gasteiger partial charge is 0.0119 e. The highest BCUT2D eigenvalue weighted by atomic mass is 14.2. The third kappa shape index (κ3) is 7.50. The number of allylic oxidation sites excluding steroid dienone is 1. The van der Waals surface area contributed by atoms with Crippen molar-refractivity contribution in [3.05, 3.63) is 77.4 Å². The summed E-state index contributed by atoms with van der Waals surface area (Å²) in [5.41, 5.74) is 5.96. The Morgan fingerprint density at radius 3 is 1.55 bits per heavy atom. The summed E-state index contributed by atoms with van der Waals surface area (Å²) in [4.78, 5) is 0. The molecule has 0 radical (unpaired) electrons. The van der Waals surface area contributed by atoms with Crippen LogP contribution in [-0.2, 0) is 0 Å². The summed E-state index contributed by atoms with van der Waals surface area (Å²) < 4.78 is 0.